The van der Waals surface area contributed by atoms with Gasteiger partial charge in [0, 0.05) is 5.92 Å². The quantitative estimate of drug-likeness (QED) is 0.791. The molecule has 0 amide bonds. The molecular weight excluding hydrogens is 220 g/mol. The lowest BCUT2D eigenvalue weighted by atomic mass is 9.91. The highest BCUT2D eigenvalue weighted by atomic mass is 16.3. The first-order valence-corrected chi connectivity index (χ1v) is 6.13. The number of aliphatic hydroxyl groups excluding tert-OH is 1. The molecule has 0 spiro atoms. The van der Waals surface area contributed by atoms with E-state index in [2.05, 4.69) is 42.3 Å². The van der Waals surface area contributed by atoms with Crippen LogP contribution in [0.3, 0.4) is 0 Å². The SMILES string of the molecule is C#CC(O)CC1c2ccccc2-c2ccccc21. The van der Waals surface area contributed by atoms with E-state index >= 15 is 0 Å². The Hall–Kier alpha value is -2.04. The molecule has 88 valence electrons. The summed E-state index contributed by atoms with van der Waals surface area (Å²) >= 11 is 0. The molecule has 2 aromatic carbocycles. The zero-order valence-electron chi connectivity index (χ0n) is 10.0. The fraction of sp³-hybridized carbons (Fsp3) is 0.176. The summed E-state index contributed by atoms with van der Waals surface area (Å²) in [4.78, 5) is 0. The van der Waals surface area contributed by atoms with Crippen molar-refractivity contribution in [3.63, 3.8) is 0 Å². The Labute approximate surface area is 107 Å². The van der Waals surface area contributed by atoms with Crippen molar-refractivity contribution in [2.24, 2.45) is 0 Å². The molecule has 1 aliphatic carbocycles. The van der Waals surface area contributed by atoms with Crippen LogP contribution in [0.15, 0.2) is 48.5 Å². The number of benzene rings is 2. The molecular formula is C17H14O. The molecule has 0 saturated carbocycles. The number of hydrogen-bond acceptors (Lipinski definition) is 1. The normalized spacial score (nSPS) is 14.7. The molecule has 1 aliphatic rings. The second-order valence-electron chi connectivity index (χ2n) is 4.65. The second kappa shape index (κ2) is 4.33. The predicted molar refractivity (Wildman–Crippen MR) is 73.2 cm³/mol. The van der Waals surface area contributed by atoms with E-state index in [-0.39, 0.29) is 5.92 Å². The van der Waals surface area contributed by atoms with Gasteiger partial charge in [0.05, 0.1) is 0 Å². The van der Waals surface area contributed by atoms with Crippen LogP contribution in [0.2, 0.25) is 0 Å². The summed E-state index contributed by atoms with van der Waals surface area (Å²) in [7, 11) is 0. The lowest BCUT2D eigenvalue weighted by Crippen LogP contribution is -2.09. The van der Waals surface area contributed by atoms with Crippen molar-refractivity contribution in [2.45, 2.75) is 18.4 Å². The number of aliphatic hydroxyl groups is 1. The van der Waals surface area contributed by atoms with Crippen LogP contribution in [0.25, 0.3) is 11.1 Å². The van der Waals surface area contributed by atoms with Crippen LogP contribution < -0.4 is 0 Å². The van der Waals surface area contributed by atoms with Crippen LogP contribution in [-0.2, 0) is 0 Å². The van der Waals surface area contributed by atoms with Gasteiger partial charge in [-0.25, -0.2) is 0 Å². The van der Waals surface area contributed by atoms with Crippen molar-refractivity contribution in [3.8, 4) is 23.5 Å². The highest BCUT2D eigenvalue weighted by molar-refractivity contribution is 5.78. The summed E-state index contributed by atoms with van der Waals surface area (Å²) < 4.78 is 0. The third kappa shape index (κ3) is 1.63. The molecule has 18 heavy (non-hydrogen) atoms. The van der Waals surface area contributed by atoms with Crippen LogP contribution >= 0.6 is 0 Å². The molecule has 1 atom stereocenters. The number of terminal acetylenes is 1. The van der Waals surface area contributed by atoms with E-state index in [0.717, 1.165) is 0 Å². The summed E-state index contributed by atoms with van der Waals surface area (Å²) in [6, 6.07) is 16.7. The molecule has 1 N–H and O–H groups in total. The summed E-state index contributed by atoms with van der Waals surface area (Å²) in [5.74, 6) is 2.62. The van der Waals surface area contributed by atoms with Crippen molar-refractivity contribution in [1.82, 2.24) is 0 Å². The maximum absolute atomic E-state index is 9.73. The summed E-state index contributed by atoms with van der Waals surface area (Å²) in [6.45, 7) is 0. The van der Waals surface area contributed by atoms with Crippen molar-refractivity contribution in [3.05, 3.63) is 59.7 Å². The Kier molecular flexibility index (Phi) is 2.66. The van der Waals surface area contributed by atoms with Gasteiger partial charge in [-0.05, 0) is 28.7 Å². The van der Waals surface area contributed by atoms with Gasteiger partial charge >= 0.3 is 0 Å². The fourth-order valence-electron chi connectivity index (χ4n) is 2.81. The van der Waals surface area contributed by atoms with Crippen LogP contribution in [0.5, 0.6) is 0 Å². The van der Waals surface area contributed by atoms with Crippen molar-refractivity contribution >= 4 is 0 Å². The smallest absolute Gasteiger partial charge is 0.115 e. The first-order chi connectivity index (χ1) is 8.81. The van der Waals surface area contributed by atoms with Crippen LogP contribution in [-0.4, -0.2) is 11.2 Å². The van der Waals surface area contributed by atoms with E-state index in [4.69, 9.17) is 6.42 Å². The first kappa shape index (κ1) is 11.1. The van der Waals surface area contributed by atoms with Crippen LogP contribution in [0.4, 0.5) is 0 Å². The molecule has 1 heteroatoms. The van der Waals surface area contributed by atoms with Crippen molar-refractivity contribution in [1.29, 1.82) is 0 Å². The molecule has 2 aromatic rings. The fourth-order valence-corrected chi connectivity index (χ4v) is 2.81. The van der Waals surface area contributed by atoms with Gasteiger partial charge < -0.3 is 5.11 Å². The molecule has 0 aliphatic heterocycles. The van der Waals surface area contributed by atoms with Crippen LogP contribution in [0, 0.1) is 12.3 Å². The van der Waals surface area contributed by atoms with Gasteiger partial charge in [0.25, 0.3) is 0 Å². The van der Waals surface area contributed by atoms with Gasteiger partial charge in [0.1, 0.15) is 6.10 Å². The minimum atomic E-state index is -0.686. The molecule has 0 heterocycles. The highest BCUT2D eigenvalue weighted by Crippen LogP contribution is 2.46. The van der Waals surface area contributed by atoms with Crippen molar-refractivity contribution < 1.29 is 5.11 Å². The van der Waals surface area contributed by atoms with Gasteiger partial charge in [-0.3, -0.25) is 0 Å². The van der Waals surface area contributed by atoms with E-state index in [1.165, 1.54) is 22.3 Å². The average Bonchev–Trinajstić information content (AvgIpc) is 2.74. The topological polar surface area (TPSA) is 20.2 Å². The molecule has 3 rings (SSSR count). The van der Waals surface area contributed by atoms with E-state index in [0.29, 0.717) is 6.42 Å². The van der Waals surface area contributed by atoms with Crippen LogP contribution in [0.1, 0.15) is 23.5 Å². The molecule has 0 radical (unpaired) electrons. The molecule has 0 bridgehead atoms. The van der Waals surface area contributed by atoms with E-state index < -0.39 is 6.10 Å². The number of hydrogen-bond donors (Lipinski definition) is 1. The predicted octanol–water partition coefficient (Wildman–Crippen LogP) is 3.18. The Morgan fingerprint density at radius 1 is 1.00 bits per heavy atom. The Bertz CT molecular complexity index is 576. The third-order valence-corrected chi connectivity index (χ3v) is 3.61. The molecule has 0 fully saturated rings. The highest BCUT2D eigenvalue weighted by Gasteiger charge is 2.28. The monoisotopic (exact) mass is 234 g/mol. The minimum absolute atomic E-state index is 0.212. The second-order valence-corrected chi connectivity index (χ2v) is 4.65. The summed E-state index contributed by atoms with van der Waals surface area (Å²) in [6.07, 6.45) is 5.19. The Balaban J connectivity index is 2.12. The zero-order valence-corrected chi connectivity index (χ0v) is 10.0. The molecule has 1 nitrogen and oxygen atoms in total. The van der Waals surface area contributed by atoms with E-state index in [1.54, 1.807) is 0 Å². The third-order valence-electron chi connectivity index (χ3n) is 3.61. The minimum Gasteiger partial charge on any atom is -0.380 e. The zero-order chi connectivity index (χ0) is 12.5. The summed E-state index contributed by atoms with van der Waals surface area (Å²) in [5, 5.41) is 9.73. The van der Waals surface area contributed by atoms with Crippen molar-refractivity contribution in [2.75, 3.05) is 0 Å². The molecule has 0 saturated heterocycles. The molecule has 1 unspecified atom stereocenters. The van der Waals surface area contributed by atoms with E-state index in [9.17, 15) is 5.11 Å². The van der Waals surface area contributed by atoms with Gasteiger partial charge in [0.15, 0.2) is 0 Å². The standard InChI is InChI=1S/C17H14O/c1-2-12(18)11-17-15-9-5-3-7-13(15)14-8-4-6-10-16(14)17/h1,3-10,12,17-18H,11H2. The Morgan fingerprint density at radius 3 is 2.00 bits per heavy atom. The Morgan fingerprint density at radius 2 is 1.50 bits per heavy atom. The van der Waals surface area contributed by atoms with Gasteiger partial charge in [-0.1, -0.05) is 54.5 Å². The lowest BCUT2D eigenvalue weighted by Gasteiger charge is -2.14. The largest absolute Gasteiger partial charge is 0.380 e. The summed E-state index contributed by atoms with van der Waals surface area (Å²) in [5.41, 5.74) is 5.07. The lowest BCUT2D eigenvalue weighted by molar-refractivity contribution is 0.217. The van der Waals surface area contributed by atoms with Gasteiger partial charge in [-0.15, -0.1) is 6.42 Å². The maximum Gasteiger partial charge on any atom is 0.115 e. The maximum atomic E-state index is 9.73. The van der Waals surface area contributed by atoms with Gasteiger partial charge in [-0.2, -0.15) is 0 Å². The first-order valence-electron chi connectivity index (χ1n) is 6.13. The molecule has 0 aromatic heterocycles. The average molecular weight is 234 g/mol. The number of rotatable bonds is 2. The number of fused-ring (bicyclic) bond motifs is 3. The van der Waals surface area contributed by atoms with E-state index in [1.807, 2.05) is 12.1 Å². The van der Waals surface area contributed by atoms with Gasteiger partial charge in [0.2, 0.25) is 0 Å².